The minimum Gasteiger partial charge on any atom is -0.461 e. The summed E-state index contributed by atoms with van der Waals surface area (Å²) >= 11 is 0. The number of rotatable bonds is 5. The van der Waals surface area contributed by atoms with Crippen molar-refractivity contribution in [3.8, 4) is 0 Å². The maximum Gasteiger partial charge on any atom is 0.134 e. The number of aryl methyl sites for hydroxylation is 1. The first-order valence-electron chi connectivity index (χ1n) is 6.71. The van der Waals surface area contributed by atoms with Crippen molar-refractivity contribution in [1.82, 2.24) is 5.32 Å². The van der Waals surface area contributed by atoms with Crippen LogP contribution in [0.1, 0.15) is 38.5 Å². The fourth-order valence-corrected chi connectivity index (χ4v) is 2.09. The molecular weight excluding hydrogens is 222 g/mol. The molecule has 0 bridgehead atoms. The zero-order chi connectivity index (χ0) is 13.2. The molecule has 0 unspecified atom stereocenters. The van der Waals surface area contributed by atoms with Gasteiger partial charge in [-0.15, -0.1) is 0 Å². The number of para-hydroxylation sites is 1. The van der Waals surface area contributed by atoms with Crippen molar-refractivity contribution in [2.24, 2.45) is 5.41 Å². The van der Waals surface area contributed by atoms with Crippen LogP contribution < -0.4 is 5.32 Å². The number of benzene rings is 1. The Kier molecular flexibility index (Phi) is 3.76. The standard InChI is InChI=1S/C16H23NO/c1-5-16(3,4)11-17-10-14-12(2)18-15-9-7-6-8-13(14)15/h6-9,17H,5,10-11H2,1-4H3. The third-order valence-electron chi connectivity index (χ3n) is 3.76. The first-order valence-corrected chi connectivity index (χ1v) is 6.71. The molecule has 2 heteroatoms. The van der Waals surface area contributed by atoms with E-state index < -0.39 is 0 Å². The Hall–Kier alpha value is -1.28. The molecular formula is C16H23NO. The summed E-state index contributed by atoms with van der Waals surface area (Å²) in [6, 6.07) is 8.25. The van der Waals surface area contributed by atoms with E-state index in [-0.39, 0.29) is 0 Å². The molecule has 2 nitrogen and oxygen atoms in total. The third kappa shape index (κ3) is 2.75. The molecule has 0 aliphatic heterocycles. The van der Waals surface area contributed by atoms with Gasteiger partial charge < -0.3 is 9.73 Å². The second-order valence-corrected chi connectivity index (χ2v) is 5.75. The Morgan fingerprint density at radius 2 is 1.94 bits per heavy atom. The van der Waals surface area contributed by atoms with Gasteiger partial charge in [-0.2, -0.15) is 0 Å². The van der Waals surface area contributed by atoms with Crippen molar-refractivity contribution < 1.29 is 4.42 Å². The summed E-state index contributed by atoms with van der Waals surface area (Å²) in [4.78, 5) is 0. The van der Waals surface area contributed by atoms with E-state index in [0.29, 0.717) is 5.41 Å². The zero-order valence-corrected chi connectivity index (χ0v) is 11.8. The van der Waals surface area contributed by atoms with Gasteiger partial charge in [-0.3, -0.25) is 0 Å². The minimum atomic E-state index is 0.355. The van der Waals surface area contributed by atoms with Crippen LogP contribution in [0.2, 0.25) is 0 Å². The average Bonchev–Trinajstić information content (AvgIpc) is 2.66. The number of fused-ring (bicyclic) bond motifs is 1. The molecule has 98 valence electrons. The molecule has 0 aliphatic carbocycles. The van der Waals surface area contributed by atoms with Crippen molar-refractivity contribution in [3.63, 3.8) is 0 Å². The van der Waals surface area contributed by atoms with E-state index in [2.05, 4.69) is 38.2 Å². The highest BCUT2D eigenvalue weighted by atomic mass is 16.3. The number of furan rings is 1. The average molecular weight is 245 g/mol. The molecule has 0 radical (unpaired) electrons. The van der Waals surface area contributed by atoms with Crippen LogP contribution in [-0.2, 0) is 6.54 Å². The van der Waals surface area contributed by atoms with Gasteiger partial charge >= 0.3 is 0 Å². The van der Waals surface area contributed by atoms with Crippen molar-refractivity contribution in [2.45, 2.75) is 40.7 Å². The maximum atomic E-state index is 5.77. The van der Waals surface area contributed by atoms with Gasteiger partial charge in [0, 0.05) is 24.0 Å². The third-order valence-corrected chi connectivity index (χ3v) is 3.76. The van der Waals surface area contributed by atoms with E-state index in [4.69, 9.17) is 4.42 Å². The molecule has 18 heavy (non-hydrogen) atoms. The Labute approximate surface area is 109 Å². The molecule has 2 aromatic rings. The lowest BCUT2D eigenvalue weighted by Gasteiger charge is -2.22. The quantitative estimate of drug-likeness (QED) is 0.851. The fraction of sp³-hybridized carbons (Fsp3) is 0.500. The van der Waals surface area contributed by atoms with Crippen molar-refractivity contribution in [1.29, 1.82) is 0 Å². The topological polar surface area (TPSA) is 25.2 Å². The van der Waals surface area contributed by atoms with E-state index in [0.717, 1.165) is 24.4 Å². The van der Waals surface area contributed by atoms with Crippen LogP contribution in [0.4, 0.5) is 0 Å². The molecule has 0 atom stereocenters. The molecule has 0 spiro atoms. The molecule has 0 saturated heterocycles. The lowest BCUT2D eigenvalue weighted by atomic mass is 9.90. The normalized spacial score (nSPS) is 12.2. The molecule has 1 heterocycles. The predicted octanol–water partition coefficient (Wildman–Crippen LogP) is 4.27. The Bertz CT molecular complexity index is 525. The largest absolute Gasteiger partial charge is 0.461 e. The van der Waals surface area contributed by atoms with E-state index >= 15 is 0 Å². The summed E-state index contributed by atoms with van der Waals surface area (Å²) in [5.41, 5.74) is 2.63. The molecule has 1 aromatic heterocycles. The van der Waals surface area contributed by atoms with E-state index in [9.17, 15) is 0 Å². The van der Waals surface area contributed by atoms with Crippen LogP contribution in [0.25, 0.3) is 11.0 Å². The summed E-state index contributed by atoms with van der Waals surface area (Å²) in [5.74, 6) is 1.03. The number of hydrogen-bond acceptors (Lipinski definition) is 2. The van der Waals surface area contributed by atoms with Gasteiger partial charge in [0.25, 0.3) is 0 Å². The van der Waals surface area contributed by atoms with Crippen molar-refractivity contribution >= 4 is 11.0 Å². The maximum absolute atomic E-state index is 5.77. The fourth-order valence-electron chi connectivity index (χ4n) is 2.09. The molecule has 0 amide bonds. The van der Waals surface area contributed by atoms with E-state index in [1.807, 2.05) is 19.1 Å². The van der Waals surface area contributed by atoms with E-state index in [1.165, 1.54) is 17.4 Å². The highest BCUT2D eigenvalue weighted by Crippen LogP contribution is 2.25. The Balaban J connectivity index is 2.10. The molecule has 0 fully saturated rings. The zero-order valence-electron chi connectivity index (χ0n) is 11.8. The van der Waals surface area contributed by atoms with Crippen LogP contribution in [-0.4, -0.2) is 6.54 Å². The lowest BCUT2D eigenvalue weighted by Crippen LogP contribution is -2.28. The van der Waals surface area contributed by atoms with Crippen LogP contribution >= 0.6 is 0 Å². The lowest BCUT2D eigenvalue weighted by molar-refractivity contribution is 0.327. The molecule has 0 aliphatic rings. The first kappa shape index (κ1) is 13.2. The predicted molar refractivity (Wildman–Crippen MR) is 76.7 cm³/mol. The summed E-state index contributed by atoms with van der Waals surface area (Å²) in [6.07, 6.45) is 1.19. The summed E-state index contributed by atoms with van der Waals surface area (Å²) in [6.45, 7) is 10.8. The van der Waals surface area contributed by atoms with Gasteiger partial charge in [0.1, 0.15) is 11.3 Å². The monoisotopic (exact) mass is 245 g/mol. The number of nitrogens with one attached hydrogen (secondary N) is 1. The minimum absolute atomic E-state index is 0.355. The molecule has 2 rings (SSSR count). The number of hydrogen-bond donors (Lipinski definition) is 1. The summed E-state index contributed by atoms with van der Waals surface area (Å²) in [5, 5.41) is 4.79. The Morgan fingerprint density at radius 1 is 1.22 bits per heavy atom. The van der Waals surface area contributed by atoms with Crippen LogP contribution in [0.3, 0.4) is 0 Å². The van der Waals surface area contributed by atoms with Crippen molar-refractivity contribution in [2.75, 3.05) is 6.54 Å². The highest BCUT2D eigenvalue weighted by molar-refractivity contribution is 5.82. The van der Waals surface area contributed by atoms with Crippen LogP contribution in [0.15, 0.2) is 28.7 Å². The molecule has 1 N–H and O–H groups in total. The Morgan fingerprint density at radius 3 is 2.67 bits per heavy atom. The SMILES string of the molecule is CCC(C)(C)CNCc1c(C)oc2ccccc12. The van der Waals surface area contributed by atoms with E-state index in [1.54, 1.807) is 0 Å². The van der Waals surface area contributed by atoms with Gasteiger partial charge in [-0.25, -0.2) is 0 Å². The van der Waals surface area contributed by atoms with Crippen LogP contribution in [0.5, 0.6) is 0 Å². The second kappa shape index (κ2) is 5.15. The van der Waals surface area contributed by atoms with Gasteiger partial charge in [0.2, 0.25) is 0 Å². The smallest absolute Gasteiger partial charge is 0.134 e. The van der Waals surface area contributed by atoms with Crippen LogP contribution in [0, 0.1) is 12.3 Å². The first-order chi connectivity index (χ1) is 8.53. The summed E-state index contributed by atoms with van der Waals surface area (Å²) in [7, 11) is 0. The van der Waals surface area contributed by atoms with Gasteiger partial charge in [-0.1, -0.05) is 39.0 Å². The molecule has 1 aromatic carbocycles. The van der Waals surface area contributed by atoms with Gasteiger partial charge in [-0.05, 0) is 24.8 Å². The second-order valence-electron chi connectivity index (χ2n) is 5.75. The van der Waals surface area contributed by atoms with Gasteiger partial charge in [0.05, 0.1) is 0 Å². The van der Waals surface area contributed by atoms with Crippen molar-refractivity contribution in [3.05, 3.63) is 35.6 Å². The molecule has 0 saturated carbocycles. The van der Waals surface area contributed by atoms with Gasteiger partial charge in [0.15, 0.2) is 0 Å². The highest BCUT2D eigenvalue weighted by Gasteiger charge is 2.15. The summed E-state index contributed by atoms with van der Waals surface area (Å²) < 4.78 is 5.77.